The summed E-state index contributed by atoms with van der Waals surface area (Å²) < 4.78 is 0. The molecule has 1 fully saturated rings. The molecule has 1 aliphatic heterocycles. The van der Waals surface area contributed by atoms with Crippen molar-refractivity contribution in [2.45, 2.75) is 25.2 Å². The second-order valence-corrected chi connectivity index (χ2v) is 7.93. The second-order valence-electron chi connectivity index (χ2n) is 7.50. The fourth-order valence-electron chi connectivity index (χ4n) is 4.10. The Bertz CT molecular complexity index is 928. The summed E-state index contributed by atoms with van der Waals surface area (Å²) in [5.41, 5.74) is 3.34. The van der Waals surface area contributed by atoms with E-state index in [0.29, 0.717) is 18.0 Å². The number of likely N-dealkylation sites (tertiary alicyclic amines) is 1. The molecule has 5 heteroatoms. The molecular weight excluding hydrogens is 370 g/mol. The number of aromatic amines is 1. The Morgan fingerprint density at radius 3 is 2.64 bits per heavy atom. The molecule has 0 spiro atoms. The van der Waals surface area contributed by atoms with Crippen LogP contribution in [0.25, 0.3) is 10.9 Å². The van der Waals surface area contributed by atoms with Crippen LogP contribution in [-0.4, -0.2) is 42.0 Å². The smallest absolute Gasteiger partial charge is 0.220 e. The Morgan fingerprint density at radius 1 is 1.11 bits per heavy atom. The van der Waals surface area contributed by atoms with Gasteiger partial charge in [0, 0.05) is 47.6 Å². The Balaban J connectivity index is 1.51. The molecule has 4 nitrogen and oxygen atoms in total. The summed E-state index contributed by atoms with van der Waals surface area (Å²) in [6, 6.07) is 16.1. The average molecular weight is 396 g/mol. The van der Waals surface area contributed by atoms with Crippen molar-refractivity contribution in [3.63, 3.8) is 0 Å². The zero-order valence-corrected chi connectivity index (χ0v) is 16.7. The van der Waals surface area contributed by atoms with Crippen molar-refractivity contribution < 1.29 is 4.79 Å². The molecule has 2 N–H and O–H groups in total. The molecule has 1 amide bonds. The van der Waals surface area contributed by atoms with Crippen molar-refractivity contribution in [3.05, 3.63) is 70.9 Å². The number of nitrogens with zero attached hydrogens (tertiary/aromatic N) is 1. The van der Waals surface area contributed by atoms with Crippen molar-refractivity contribution in [3.8, 4) is 0 Å². The van der Waals surface area contributed by atoms with Crippen LogP contribution in [0, 0.1) is 0 Å². The predicted molar refractivity (Wildman–Crippen MR) is 115 cm³/mol. The van der Waals surface area contributed by atoms with Crippen LogP contribution in [0.3, 0.4) is 0 Å². The van der Waals surface area contributed by atoms with Gasteiger partial charge in [-0.25, -0.2) is 0 Å². The molecule has 0 radical (unpaired) electrons. The Kier molecular flexibility index (Phi) is 5.98. The van der Waals surface area contributed by atoms with Crippen LogP contribution in [0.2, 0.25) is 5.02 Å². The zero-order valence-electron chi connectivity index (χ0n) is 16.0. The van der Waals surface area contributed by atoms with E-state index >= 15 is 0 Å². The van der Waals surface area contributed by atoms with Crippen LogP contribution in [0.5, 0.6) is 0 Å². The lowest BCUT2D eigenvalue weighted by molar-refractivity contribution is -0.121. The van der Waals surface area contributed by atoms with Gasteiger partial charge in [-0.1, -0.05) is 41.9 Å². The Hall–Kier alpha value is -2.30. The van der Waals surface area contributed by atoms with Crippen molar-refractivity contribution >= 4 is 28.4 Å². The van der Waals surface area contributed by atoms with E-state index in [2.05, 4.69) is 27.3 Å². The molecular formula is C23H26ClN3O. The van der Waals surface area contributed by atoms with Crippen LogP contribution in [0.15, 0.2) is 54.7 Å². The molecule has 3 aromatic rings. The molecule has 0 saturated carbocycles. The molecule has 2 heterocycles. The zero-order chi connectivity index (χ0) is 19.3. The summed E-state index contributed by atoms with van der Waals surface area (Å²) in [6.45, 7) is 3.95. The highest BCUT2D eigenvalue weighted by Crippen LogP contribution is 2.33. The van der Waals surface area contributed by atoms with E-state index < -0.39 is 0 Å². The van der Waals surface area contributed by atoms with E-state index in [0.717, 1.165) is 41.7 Å². The number of benzene rings is 2. The van der Waals surface area contributed by atoms with Crippen LogP contribution < -0.4 is 5.32 Å². The standard InChI is InChI=1S/C23H26ClN3O/c24-18-9-7-17(8-10-18)20(21-16-26-22-6-2-1-5-19(21)22)15-23(28)25-11-14-27-12-3-4-13-27/h1-2,5-10,16,20,26H,3-4,11-15H2,(H,25,28)/t20-/m1/s1. The molecule has 1 aliphatic rings. The van der Waals surface area contributed by atoms with E-state index in [-0.39, 0.29) is 11.8 Å². The summed E-state index contributed by atoms with van der Waals surface area (Å²) >= 11 is 6.08. The number of amides is 1. The minimum atomic E-state index is -0.0137. The Labute approximate surface area is 170 Å². The maximum absolute atomic E-state index is 12.7. The van der Waals surface area contributed by atoms with E-state index in [1.165, 1.54) is 12.8 Å². The van der Waals surface area contributed by atoms with Gasteiger partial charge in [0.1, 0.15) is 0 Å². The number of H-pyrrole nitrogens is 1. The van der Waals surface area contributed by atoms with E-state index in [9.17, 15) is 4.79 Å². The van der Waals surface area contributed by atoms with Gasteiger partial charge in [-0.2, -0.15) is 0 Å². The lowest BCUT2D eigenvalue weighted by Crippen LogP contribution is -2.34. The third-order valence-electron chi connectivity index (χ3n) is 5.61. The molecule has 0 unspecified atom stereocenters. The largest absolute Gasteiger partial charge is 0.361 e. The number of aromatic nitrogens is 1. The predicted octanol–water partition coefficient (Wildman–Crippen LogP) is 4.56. The molecule has 1 saturated heterocycles. The van der Waals surface area contributed by atoms with Gasteiger partial charge in [-0.15, -0.1) is 0 Å². The first-order chi connectivity index (χ1) is 13.7. The van der Waals surface area contributed by atoms with Gasteiger partial charge in [-0.3, -0.25) is 4.79 Å². The van der Waals surface area contributed by atoms with Gasteiger partial charge < -0.3 is 15.2 Å². The summed E-state index contributed by atoms with van der Waals surface area (Å²) in [4.78, 5) is 18.5. The molecule has 28 heavy (non-hydrogen) atoms. The lowest BCUT2D eigenvalue weighted by atomic mass is 9.88. The lowest BCUT2D eigenvalue weighted by Gasteiger charge is -2.19. The van der Waals surface area contributed by atoms with E-state index in [1.807, 2.05) is 42.6 Å². The summed E-state index contributed by atoms with van der Waals surface area (Å²) in [5.74, 6) is 0.0737. The molecule has 1 aromatic heterocycles. The van der Waals surface area contributed by atoms with Gasteiger partial charge >= 0.3 is 0 Å². The first-order valence-corrected chi connectivity index (χ1v) is 10.4. The molecule has 0 aliphatic carbocycles. The van der Waals surface area contributed by atoms with Crippen molar-refractivity contribution in [1.29, 1.82) is 0 Å². The first-order valence-electron chi connectivity index (χ1n) is 10.0. The van der Waals surface area contributed by atoms with Gasteiger partial charge in [0.15, 0.2) is 0 Å². The van der Waals surface area contributed by atoms with Crippen molar-refractivity contribution in [2.24, 2.45) is 0 Å². The highest BCUT2D eigenvalue weighted by atomic mass is 35.5. The van der Waals surface area contributed by atoms with Gasteiger partial charge in [0.05, 0.1) is 0 Å². The maximum Gasteiger partial charge on any atom is 0.220 e. The summed E-state index contributed by atoms with van der Waals surface area (Å²) in [6.07, 6.45) is 4.99. The van der Waals surface area contributed by atoms with Crippen molar-refractivity contribution in [1.82, 2.24) is 15.2 Å². The number of halogens is 1. The molecule has 2 aromatic carbocycles. The van der Waals surface area contributed by atoms with Crippen LogP contribution in [0.4, 0.5) is 0 Å². The number of para-hydroxylation sites is 1. The van der Waals surface area contributed by atoms with Crippen LogP contribution in [-0.2, 0) is 4.79 Å². The fourth-order valence-corrected chi connectivity index (χ4v) is 4.23. The average Bonchev–Trinajstić information content (AvgIpc) is 3.37. The molecule has 0 bridgehead atoms. The van der Waals surface area contributed by atoms with Gasteiger partial charge in [0.25, 0.3) is 0 Å². The van der Waals surface area contributed by atoms with Gasteiger partial charge in [0.2, 0.25) is 5.91 Å². The second kappa shape index (κ2) is 8.80. The number of fused-ring (bicyclic) bond motifs is 1. The number of nitrogens with one attached hydrogen (secondary N) is 2. The Morgan fingerprint density at radius 2 is 1.86 bits per heavy atom. The normalized spacial score (nSPS) is 15.8. The molecule has 146 valence electrons. The third kappa shape index (κ3) is 4.40. The summed E-state index contributed by atoms with van der Waals surface area (Å²) in [7, 11) is 0. The van der Waals surface area contributed by atoms with Crippen molar-refractivity contribution in [2.75, 3.05) is 26.2 Å². The highest BCUT2D eigenvalue weighted by Gasteiger charge is 2.21. The first kappa shape index (κ1) is 19.0. The van der Waals surface area contributed by atoms with E-state index in [4.69, 9.17) is 11.6 Å². The minimum Gasteiger partial charge on any atom is -0.361 e. The number of hydrogen-bond donors (Lipinski definition) is 2. The molecule has 1 atom stereocenters. The highest BCUT2D eigenvalue weighted by molar-refractivity contribution is 6.30. The van der Waals surface area contributed by atoms with E-state index in [1.54, 1.807) is 0 Å². The maximum atomic E-state index is 12.7. The number of carbonyl (C=O) groups is 1. The van der Waals surface area contributed by atoms with Gasteiger partial charge in [-0.05, 0) is 55.3 Å². The summed E-state index contributed by atoms with van der Waals surface area (Å²) in [5, 5.41) is 4.98. The molecule has 4 rings (SSSR count). The minimum absolute atomic E-state index is 0.0137. The number of rotatable bonds is 7. The topological polar surface area (TPSA) is 48.1 Å². The number of carbonyl (C=O) groups excluding carboxylic acids is 1. The van der Waals surface area contributed by atoms with Crippen LogP contribution in [0.1, 0.15) is 36.3 Å². The monoisotopic (exact) mass is 395 g/mol. The SMILES string of the molecule is O=C(C[C@H](c1ccc(Cl)cc1)c1c[nH]c2ccccc12)NCCN1CCCC1. The quantitative estimate of drug-likeness (QED) is 0.616. The third-order valence-corrected chi connectivity index (χ3v) is 5.86. The van der Waals surface area contributed by atoms with Crippen LogP contribution >= 0.6 is 11.6 Å². The number of hydrogen-bond acceptors (Lipinski definition) is 2. The fraction of sp³-hybridized carbons (Fsp3) is 0.348.